The van der Waals surface area contributed by atoms with Crippen LogP contribution < -0.4 is 5.32 Å². The second-order valence-electron chi connectivity index (χ2n) is 4.46. The first-order valence-corrected chi connectivity index (χ1v) is 6.55. The number of nitrogens with zero attached hydrogens (tertiary/aromatic N) is 2. The zero-order chi connectivity index (χ0) is 14.0. The summed E-state index contributed by atoms with van der Waals surface area (Å²) in [6, 6.07) is -0.0708. The lowest BCUT2D eigenvalue weighted by atomic mass is 10.1. The van der Waals surface area contributed by atoms with E-state index in [9.17, 15) is 14.9 Å². The topological polar surface area (TPSA) is 105 Å². The molecule has 0 bridgehead atoms. The number of halogens is 1. The molecule has 0 radical (unpaired) electrons. The molecule has 2 N–H and O–H groups in total. The van der Waals surface area contributed by atoms with Gasteiger partial charge in [0, 0.05) is 12.2 Å². The molecule has 1 aliphatic carbocycles. The minimum Gasteiger partial charge on any atom is -0.481 e. The summed E-state index contributed by atoms with van der Waals surface area (Å²) in [5.41, 5.74) is 0.240. The third kappa shape index (κ3) is 3.01. The molecule has 7 nitrogen and oxygen atoms in total. The number of pyridine rings is 1. The summed E-state index contributed by atoms with van der Waals surface area (Å²) in [7, 11) is 0. The normalized spacial score (nSPS) is 22.2. The molecule has 1 aliphatic rings. The Morgan fingerprint density at radius 1 is 1.53 bits per heavy atom. The number of rotatable bonds is 4. The van der Waals surface area contributed by atoms with Crippen LogP contribution in [0.2, 0.25) is 0 Å². The van der Waals surface area contributed by atoms with Gasteiger partial charge in [-0.25, -0.2) is 0 Å². The zero-order valence-corrected chi connectivity index (χ0v) is 11.5. The smallest absolute Gasteiger partial charge is 0.311 e. The zero-order valence-electron chi connectivity index (χ0n) is 9.88. The van der Waals surface area contributed by atoms with Crippen molar-refractivity contribution in [1.82, 2.24) is 4.98 Å². The number of carboxylic acid groups (broad SMARTS) is 1. The highest BCUT2D eigenvalue weighted by Gasteiger charge is 2.31. The molecule has 0 aromatic carbocycles. The SMILES string of the molecule is O=C(O)[C@@H]1CC[C@H](Nc2c(Br)cncc2[N+](=O)[O-])C1. The fraction of sp³-hybridized carbons (Fsp3) is 0.455. The maximum absolute atomic E-state index is 10.9. The predicted molar refractivity (Wildman–Crippen MR) is 71.0 cm³/mol. The third-order valence-corrected chi connectivity index (χ3v) is 3.81. The van der Waals surface area contributed by atoms with Crippen LogP contribution in [0.15, 0.2) is 16.9 Å². The molecule has 0 aliphatic heterocycles. The molecule has 19 heavy (non-hydrogen) atoms. The highest BCUT2D eigenvalue weighted by atomic mass is 79.9. The van der Waals surface area contributed by atoms with Crippen molar-refractivity contribution in [2.24, 2.45) is 5.92 Å². The standard InChI is InChI=1S/C11H12BrN3O4/c12-8-4-13-5-9(15(18)19)10(8)14-7-2-1-6(3-7)11(16)17/h4-7H,1-3H2,(H,13,14)(H,16,17)/t6-,7+/m1/s1. The number of aliphatic carboxylic acids is 1. The first-order chi connectivity index (χ1) is 8.99. The molecule has 102 valence electrons. The fourth-order valence-electron chi connectivity index (χ4n) is 2.25. The van der Waals surface area contributed by atoms with Gasteiger partial charge in [-0.2, -0.15) is 0 Å². The average molecular weight is 330 g/mol. The molecule has 1 fully saturated rings. The molecule has 0 saturated heterocycles. The maximum atomic E-state index is 10.9. The van der Waals surface area contributed by atoms with Gasteiger partial charge in [-0.05, 0) is 35.2 Å². The van der Waals surface area contributed by atoms with Crippen molar-refractivity contribution in [2.45, 2.75) is 25.3 Å². The van der Waals surface area contributed by atoms with Gasteiger partial charge in [-0.15, -0.1) is 0 Å². The van der Waals surface area contributed by atoms with E-state index in [1.807, 2.05) is 0 Å². The monoisotopic (exact) mass is 329 g/mol. The van der Waals surface area contributed by atoms with Crippen molar-refractivity contribution in [3.63, 3.8) is 0 Å². The van der Waals surface area contributed by atoms with Crippen LogP contribution in [0.4, 0.5) is 11.4 Å². The van der Waals surface area contributed by atoms with Crippen molar-refractivity contribution >= 4 is 33.3 Å². The van der Waals surface area contributed by atoms with E-state index in [2.05, 4.69) is 26.2 Å². The van der Waals surface area contributed by atoms with Gasteiger partial charge < -0.3 is 10.4 Å². The van der Waals surface area contributed by atoms with Gasteiger partial charge in [0.1, 0.15) is 11.9 Å². The quantitative estimate of drug-likeness (QED) is 0.649. The Bertz CT molecular complexity index is 523. The molecule has 2 rings (SSSR count). The van der Waals surface area contributed by atoms with Gasteiger partial charge in [0.15, 0.2) is 0 Å². The van der Waals surface area contributed by atoms with Crippen LogP contribution in [0.25, 0.3) is 0 Å². The molecule has 1 aromatic rings. The molecular weight excluding hydrogens is 318 g/mol. The number of carbonyl (C=O) groups is 1. The second-order valence-corrected chi connectivity index (χ2v) is 5.32. The van der Waals surface area contributed by atoms with Crippen LogP contribution in [-0.2, 0) is 4.79 Å². The summed E-state index contributed by atoms with van der Waals surface area (Å²) in [6.07, 6.45) is 4.39. The lowest BCUT2D eigenvalue weighted by molar-refractivity contribution is -0.384. The van der Waals surface area contributed by atoms with Crippen molar-refractivity contribution < 1.29 is 14.8 Å². The van der Waals surface area contributed by atoms with Gasteiger partial charge in [-0.1, -0.05) is 0 Å². The number of anilines is 1. The predicted octanol–water partition coefficient (Wildman–Crippen LogP) is 2.42. The van der Waals surface area contributed by atoms with Crippen LogP contribution in [0.3, 0.4) is 0 Å². The number of hydrogen-bond donors (Lipinski definition) is 2. The largest absolute Gasteiger partial charge is 0.481 e. The third-order valence-electron chi connectivity index (χ3n) is 3.21. The summed E-state index contributed by atoms with van der Waals surface area (Å²) in [4.78, 5) is 25.1. The summed E-state index contributed by atoms with van der Waals surface area (Å²) in [6.45, 7) is 0. The van der Waals surface area contributed by atoms with Gasteiger partial charge in [0.25, 0.3) is 0 Å². The van der Waals surface area contributed by atoms with Gasteiger partial charge in [-0.3, -0.25) is 19.9 Å². The first kappa shape index (κ1) is 13.7. The molecule has 0 spiro atoms. The Balaban J connectivity index is 2.16. The van der Waals surface area contributed by atoms with Gasteiger partial charge in [0.2, 0.25) is 0 Å². The molecule has 1 saturated carbocycles. The maximum Gasteiger partial charge on any atom is 0.311 e. The van der Waals surface area contributed by atoms with E-state index in [0.717, 1.165) is 0 Å². The number of aromatic nitrogens is 1. The van der Waals surface area contributed by atoms with E-state index >= 15 is 0 Å². The molecule has 0 amide bonds. The lowest BCUT2D eigenvalue weighted by Gasteiger charge is -2.15. The summed E-state index contributed by atoms with van der Waals surface area (Å²) < 4.78 is 0.500. The number of carboxylic acids is 1. The van der Waals surface area contributed by atoms with Crippen LogP contribution in [0, 0.1) is 16.0 Å². The van der Waals surface area contributed by atoms with Crippen LogP contribution in [0.5, 0.6) is 0 Å². The molecule has 0 unspecified atom stereocenters. The highest BCUT2D eigenvalue weighted by molar-refractivity contribution is 9.10. The Kier molecular flexibility index (Phi) is 3.98. The van der Waals surface area contributed by atoms with E-state index in [1.165, 1.54) is 12.4 Å². The van der Waals surface area contributed by atoms with Crippen LogP contribution in [0.1, 0.15) is 19.3 Å². The molecule has 8 heteroatoms. The fourth-order valence-corrected chi connectivity index (χ4v) is 2.68. The van der Waals surface area contributed by atoms with E-state index < -0.39 is 10.9 Å². The molecular formula is C11H12BrN3O4. The van der Waals surface area contributed by atoms with Crippen LogP contribution >= 0.6 is 15.9 Å². The van der Waals surface area contributed by atoms with E-state index in [-0.39, 0.29) is 17.6 Å². The number of nitrogens with one attached hydrogen (secondary N) is 1. The van der Waals surface area contributed by atoms with E-state index in [0.29, 0.717) is 29.4 Å². The Hall–Kier alpha value is -1.70. The molecule has 1 aromatic heterocycles. The van der Waals surface area contributed by atoms with Crippen molar-refractivity contribution in [1.29, 1.82) is 0 Å². The molecule has 1 heterocycles. The summed E-state index contributed by atoms with van der Waals surface area (Å²) in [5.74, 6) is -1.19. The second kappa shape index (κ2) is 5.52. The number of hydrogen-bond acceptors (Lipinski definition) is 5. The van der Waals surface area contributed by atoms with E-state index in [1.54, 1.807) is 0 Å². The summed E-state index contributed by atoms with van der Waals surface area (Å²) in [5, 5.41) is 22.9. The van der Waals surface area contributed by atoms with Crippen LogP contribution in [-0.4, -0.2) is 27.0 Å². The van der Waals surface area contributed by atoms with Gasteiger partial charge >= 0.3 is 11.7 Å². The Labute approximate surface area is 117 Å². The summed E-state index contributed by atoms with van der Waals surface area (Å²) >= 11 is 3.22. The molecule has 2 atom stereocenters. The highest BCUT2D eigenvalue weighted by Crippen LogP contribution is 2.35. The minimum absolute atomic E-state index is 0.0708. The van der Waals surface area contributed by atoms with E-state index in [4.69, 9.17) is 5.11 Å². The lowest BCUT2D eigenvalue weighted by Crippen LogP contribution is -2.19. The minimum atomic E-state index is -0.812. The Morgan fingerprint density at radius 2 is 2.26 bits per heavy atom. The average Bonchev–Trinajstić information content (AvgIpc) is 2.80. The van der Waals surface area contributed by atoms with Crippen molar-refractivity contribution in [2.75, 3.05) is 5.32 Å². The van der Waals surface area contributed by atoms with Gasteiger partial charge in [0.05, 0.1) is 15.3 Å². The van der Waals surface area contributed by atoms with Crippen molar-refractivity contribution in [3.05, 3.63) is 27.0 Å². The first-order valence-electron chi connectivity index (χ1n) is 5.76. The number of nitro groups is 1. The Morgan fingerprint density at radius 3 is 2.84 bits per heavy atom. The van der Waals surface area contributed by atoms with Crippen molar-refractivity contribution in [3.8, 4) is 0 Å².